The molecule has 7 heteroatoms. The van der Waals surface area contributed by atoms with Crippen molar-refractivity contribution < 1.29 is 14.3 Å². The zero-order chi connectivity index (χ0) is 24.5. The summed E-state index contributed by atoms with van der Waals surface area (Å²) in [5, 5.41) is 0. The molecule has 0 bridgehead atoms. The highest BCUT2D eigenvalue weighted by Gasteiger charge is 2.36. The fraction of sp³-hybridized carbons (Fsp3) is 0.571. The van der Waals surface area contributed by atoms with E-state index >= 15 is 0 Å². The van der Waals surface area contributed by atoms with Crippen LogP contribution in [-0.2, 0) is 0 Å². The van der Waals surface area contributed by atoms with E-state index in [2.05, 4.69) is 16.9 Å². The van der Waals surface area contributed by atoms with Gasteiger partial charge in [0.25, 0.3) is 11.8 Å². The Morgan fingerprint density at radius 2 is 1.66 bits per heavy atom. The topological polar surface area (TPSA) is 75.6 Å². The van der Waals surface area contributed by atoms with E-state index in [0.29, 0.717) is 17.9 Å². The average Bonchev–Trinajstić information content (AvgIpc) is 2.90. The van der Waals surface area contributed by atoms with Crippen molar-refractivity contribution >= 4 is 11.8 Å². The summed E-state index contributed by atoms with van der Waals surface area (Å²) in [5.74, 6) is 0.762. The number of ether oxygens (including phenoxy) is 1. The molecule has 1 saturated carbocycles. The second kappa shape index (κ2) is 12.7. The predicted octanol–water partition coefficient (Wildman–Crippen LogP) is 5.13. The molecule has 0 unspecified atom stereocenters. The maximum Gasteiger partial charge on any atom is 0.292 e. The number of carbonyl (C=O) groups excluding carboxylic acids is 2. The van der Waals surface area contributed by atoms with Crippen LogP contribution in [0.5, 0.6) is 5.75 Å². The third kappa shape index (κ3) is 6.38. The molecule has 1 aromatic carbocycles. The molecule has 2 amide bonds. The normalized spacial score (nSPS) is 22.3. The van der Waals surface area contributed by atoms with Gasteiger partial charge in [0.1, 0.15) is 11.9 Å². The van der Waals surface area contributed by atoms with Crippen LogP contribution in [0.3, 0.4) is 0 Å². The highest BCUT2D eigenvalue weighted by atomic mass is 16.5. The van der Waals surface area contributed by atoms with Crippen LogP contribution in [0, 0.1) is 0 Å². The van der Waals surface area contributed by atoms with E-state index in [1.807, 2.05) is 34.1 Å². The number of para-hydroxylation sites is 1. The van der Waals surface area contributed by atoms with E-state index in [1.165, 1.54) is 0 Å². The maximum absolute atomic E-state index is 13.5. The summed E-state index contributed by atoms with van der Waals surface area (Å²) in [6, 6.07) is 9.25. The summed E-state index contributed by atoms with van der Waals surface area (Å²) in [6.07, 6.45) is 13.0. The summed E-state index contributed by atoms with van der Waals surface area (Å²) in [6.45, 7) is 4.30. The van der Waals surface area contributed by atoms with Gasteiger partial charge in [-0.15, -0.1) is 0 Å². The molecule has 0 N–H and O–H groups in total. The Labute approximate surface area is 208 Å². The van der Waals surface area contributed by atoms with Crippen molar-refractivity contribution in [2.45, 2.75) is 83.3 Å². The van der Waals surface area contributed by atoms with Gasteiger partial charge >= 0.3 is 0 Å². The van der Waals surface area contributed by atoms with Crippen molar-refractivity contribution in [3.8, 4) is 5.75 Å². The quantitative estimate of drug-likeness (QED) is 0.612. The lowest BCUT2D eigenvalue weighted by molar-refractivity contribution is 0.0261. The smallest absolute Gasteiger partial charge is 0.292 e. The number of nitrogens with zero attached hydrogens (tertiary/aromatic N) is 4. The van der Waals surface area contributed by atoms with Gasteiger partial charge in [0.2, 0.25) is 5.82 Å². The molecule has 0 radical (unpaired) electrons. The molecule has 7 nitrogen and oxygen atoms in total. The molecule has 2 heterocycles. The molecule has 1 fully saturated rings. The minimum atomic E-state index is -0.171. The average molecular weight is 479 g/mol. The third-order valence-electron chi connectivity index (χ3n) is 7.09. The predicted molar refractivity (Wildman–Crippen MR) is 135 cm³/mol. The molecule has 1 aliphatic heterocycles. The molecule has 2 aliphatic rings. The Morgan fingerprint density at radius 1 is 0.943 bits per heavy atom. The second-order valence-electron chi connectivity index (χ2n) is 9.64. The number of hydrogen-bond acceptors (Lipinski definition) is 5. The molecule has 1 aromatic heterocycles. The van der Waals surface area contributed by atoms with E-state index < -0.39 is 0 Å². The Bertz CT molecular complexity index is 968. The Kier molecular flexibility index (Phi) is 9.09. The fourth-order valence-corrected chi connectivity index (χ4v) is 5.31. The summed E-state index contributed by atoms with van der Waals surface area (Å²) in [5.41, 5.74) is 0.615. The first-order valence-corrected chi connectivity index (χ1v) is 13.3. The minimum Gasteiger partial charge on any atom is -0.487 e. The Morgan fingerprint density at radius 3 is 2.46 bits per heavy atom. The number of fused-ring (bicyclic) bond motifs is 2. The van der Waals surface area contributed by atoms with Gasteiger partial charge in [-0.1, -0.05) is 44.7 Å². The molecule has 0 saturated heterocycles. The summed E-state index contributed by atoms with van der Waals surface area (Å²) < 4.78 is 6.61. The number of hydrogen-bond donors (Lipinski definition) is 0. The lowest BCUT2D eigenvalue weighted by Gasteiger charge is -2.40. The molecule has 2 aromatic rings. The first-order valence-electron chi connectivity index (χ1n) is 13.3. The van der Waals surface area contributed by atoms with E-state index in [9.17, 15) is 9.59 Å². The first-order chi connectivity index (χ1) is 17.2. The van der Waals surface area contributed by atoms with Crippen LogP contribution in [-0.4, -0.2) is 63.4 Å². The van der Waals surface area contributed by atoms with Crippen molar-refractivity contribution in [2.24, 2.45) is 0 Å². The van der Waals surface area contributed by atoms with Gasteiger partial charge in [-0.25, -0.2) is 9.97 Å². The molecule has 1 aliphatic carbocycles. The molecular formula is C28H38N4O3. The van der Waals surface area contributed by atoms with Gasteiger partial charge in [-0.3, -0.25) is 9.59 Å². The monoisotopic (exact) mass is 478 g/mol. The van der Waals surface area contributed by atoms with Crippen molar-refractivity contribution in [1.82, 2.24) is 19.8 Å². The lowest BCUT2D eigenvalue weighted by Crippen LogP contribution is -2.51. The van der Waals surface area contributed by atoms with Crippen LogP contribution in [0.2, 0.25) is 0 Å². The first kappa shape index (κ1) is 25.1. The number of rotatable bonds is 3. The van der Waals surface area contributed by atoms with Gasteiger partial charge in [0, 0.05) is 32.0 Å². The van der Waals surface area contributed by atoms with Crippen molar-refractivity contribution in [3.05, 3.63) is 54.1 Å². The lowest BCUT2D eigenvalue weighted by atomic mass is 9.90. The van der Waals surface area contributed by atoms with E-state index in [0.717, 1.165) is 77.3 Å². The number of carbonyl (C=O) groups is 2. The van der Waals surface area contributed by atoms with Crippen LogP contribution in [0.4, 0.5) is 0 Å². The van der Waals surface area contributed by atoms with Crippen LogP contribution in [0.25, 0.3) is 0 Å². The van der Waals surface area contributed by atoms with E-state index in [1.54, 1.807) is 18.5 Å². The summed E-state index contributed by atoms with van der Waals surface area (Å²) in [4.78, 5) is 39.5. The SMILES string of the molecule is CCCN1CCCCCCCN(C(=O)c2ncccn2)[C@@H]2CCCC[C@@H]2Oc2ccccc2C1=O. The zero-order valence-electron chi connectivity index (χ0n) is 20.9. The maximum atomic E-state index is 13.5. The highest BCUT2D eigenvalue weighted by Crippen LogP contribution is 2.31. The van der Waals surface area contributed by atoms with Crippen LogP contribution in [0.15, 0.2) is 42.7 Å². The van der Waals surface area contributed by atoms with Gasteiger partial charge in [-0.2, -0.15) is 0 Å². The molecule has 2 atom stereocenters. The third-order valence-corrected chi connectivity index (χ3v) is 7.09. The Hall–Kier alpha value is -2.96. The number of aromatic nitrogens is 2. The van der Waals surface area contributed by atoms with Gasteiger partial charge in [0.15, 0.2) is 0 Å². The molecule has 4 rings (SSSR count). The van der Waals surface area contributed by atoms with Crippen LogP contribution in [0.1, 0.15) is 92.1 Å². The molecular weight excluding hydrogens is 440 g/mol. The van der Waals surface area contributed by atoms with E-state index in [4.69, 9.17) is 4.74 Å². The fourth-order valence-electron chi connectivity index (χ4n) is 5.31. The highest BCUT2D eigenvalue weighted by molar-refractivity contribution is 5.97. The molecule has 35 heavy (non-hydrogen) atoms. The van der Waals surface area contributed by atoms with Crippen molar-refractivity contribution in [2.75, 3.05) is 19.6 Å². The van der Waals surface area contributed by atoms with Gasteiger partial charge in [0.05, 0.1) is 11.6 Å². The summed E-state index contributed by atoms with van der Waals surface area (Å²) in [7, 11) is 0. The van der Waals surface area contributed by atoms with E-state index in [-0.39, 0.29) is 29.8 Å². The van der Waals surface area contributed by atoms with Gasteiger partial charge in [-0.05, 0) is 56.7 Å². The minimum absolute atomic E-state index is 0.0373. The van der Waals surface area contributed by atoms with Gasteiger partial charge < -0.3 is 14.5 Å². The zero-order valence-corrected chi connectivity index (χ0v) is 20.9. The Balaban J connectivity index is 1.66. The van der Waals surface area contributed by atoms with Crippen LogP contribution < -0.4 is 4.74 Å². The molecule has 188 valence electrons. The number of benzene rings is 1. The van der Waals surface area contributed by atoms with Crippen LogP contribution >= 0.6 is 0 Å². The number of amides is 2. The van der Waals surface area contributed by atoms with Crippen molar-refractivity contribution in [3.63, 3.8) is 0 Å². The second-order valence-corrected chi connectivity index (χ2v) is 9.64. The standard InChI is InChI=1S/C28H38N4O3/c1-2-19-31-20-10-4-3-5-11-21-32(28(34)26-29-17-12-18-30-26)23-14-7-9-16-25(23)35-24-15-8-6-13-22(24)27(31)33/h6,8,12-13,15,17-18,23,25H,2-5,7,9-11,14,16,19-21H2,1H3/t23-,25+/m1/s1. The summed E-state index contributed by atoms with van der Waals surface area (Å²) >= 11 is 0. The van der Waals surface area contributed by atoms with Crippen molar-refractivity contribution in [1.29, 1.82) is 0 Å². The largest absolute Gasteiger partial charge is 0.487 e. The molecule has 0 spiro atoms.